The van der Waals surface area contributed by atoms with Crippen molar-refractivity contribution in [3.8, 4) is 0 Å². The van der Waals surface area contributed by atoms with Crippen molar-refractivity contribution in [3.05, 3.63) is 0 Å². The van der Waals surface area contributed by atoms with Crippen LogP contribution in [0, 0.1) is 11.8 Å². The van der Waals surface area contributed by atoms with Crippen molar-refractivity contribution in [2.24, 2.45) is 11.8 Å². The molecule has 0 aromatic carbocycles. The fraction of sp³-hybridized carbons (Fsp3) is 0.950. The number of nitrogens with one attached hydrogen (secondary N) is 1. The number of amides is 1. The molecule has 2 heteroatoms. The van der Waals surface area contributed by atoms with E-state index in [0.29, 0.717) is 6.42 Å². The molecule has 0 aliphatic carbocycles. The van der Waals surface area contributed by atoms with E-state index in [1.165, 1.54) is 51.4 Å². The van der Waals surface area contributed by atoms with Crippen LogP contribution < -0.4 is 5.32 Å². The van der Waals surface area contributed by atoms with E-state index < -0.39 is 0 Å². The van der Waals surface area contributed by atoms with Crippen LogP contribution in [0.1, 0.15) is 105 Å². The Balaban J connectivity index is 3.29. The predicted octanol–water partition coefficient (Wildman–Crippen LogP) is 6.10. The molecule has 1 unspecified atom stereocenters. The minimum Gasteiger partial charge on any atom is -0.356 e. The van der Waals surface area contributed by atoms with Gasteiger partial charge in [0.05, 0.1) is 0 Å². The van der Waals surface area contributed by atoms with Gasteiger partial charge in [-0.3, -0.25) is 4.79 Å². The summed E-state index contributed by atoms with van der Waals surface area (Å²) in [5.41, 5.74) is 0. The maximum absolute atomic E-state index is 11.5. The molecule has 0 fully saturated rings. The molecule has 0 saturated heterocycles. The summed E-state index contributed by atoms with van der Waals surface area (Å²) >= 11 is 0. The van der Waals surface area contributed by atoms with E-state index in [1.807, 2.05) is 0 Å². The van der Waals surface area contributed by atoms with Crippen molar-refractivity contribution in [2.75, 3.05) is 6.54 Å². The number of hydrogen-bond donors (Lipinski definition) is 1. The van der Waals surface area contributed by atoms with E-state index in [0.717, 1.165) is 37.6 Å². The first-order valence-electron chi connectivity index (χ1n) is 9.83. The smallest absolute Gasteiger partial charge is 0.219 e. The van der Waals surface area contributed by atoms with Crippen LogP contribution in [-0.4, -0.2) is 12.5 Å². The molecule has 1 N–H and O–H groups in total. The van der Waals surface area contributed by atoms with Crippen LogP contribution in [-0.2, 0) is 4.79 Å². The standard InChI is InChI=1S/C20H41NO/c1-5-6-17-21-20(22)16-10-8-7-9-14-19(4)15-12-11-13-18(2)3/h18-19H,5-17H2,1-4H3,(H,21,22). The topological polar surface area (TPSA) is 29.1 Å². The first-order valence-corrected chi connectivity index (χ1v) is 9.83. The molecule has 0 aromatic heterocycles. The van der Waals surface area contributed by atoms with Gasteiger partial charge in [0.15, 0.2) is 0 Å². The molecular weight excluding hydrogens is 270 g/mol. The number of carbonyl (C=O) groups excluding carboxylic acids is 1. The maximum atomic E-state index is 11.5. The quantitative estimate of drug-likeness (QED) is 0.364. The van der Waals surface area contributed by atoms with Crippen LogP contribution >= 0.6 is 0 Å². The Labute approximate surface area is 139 Å². The number of carbonyl (C=O) groups is 1. The Morgan fingerprint density at radius 2 is 1.41 bits per heavy atom. The van der Waals surface area contributed by atoms with Gasteiger partial charge in [-0.1, -0.05) is 85.5 Å². The second-order valence-corrected chi connectivity index (χ2v) is 7.44. The average Bonchev–Trinajstić information content (AvgIpc) is 2.47. The Bertz CT molecular complexity index is 250. The van der Waals surface area contributed by atoms with Crippen LogP contribution in [0.4, 0.5) is 0 Å². The van der Waals surface area contributed by atoms with E-state index in [2.05, 4.69) is 33.0 Å². The SMILES string of the molecule is CCCCNC(=O)CCCCCCC(C)CCCCC(C)C. The zero-order valence-electron chi connectivity index (χ0n) is 15.8. The van der Waals surface area contributed by atoms with Gasteiger partial charge in [-0.05, 0) is 24.7 Å². The molecule has 0 spiro atoms. The second-order valence-electron chi connectivity index (χ2n) is 7.44. The zero-order chi connectivity index (χ0) is 16.6. The molecule has 0 saturated carbocycles. The van der Waals surface area contributed by atoms with Crippen LogP contribution in [0.3, 0.4) is 0 Å². The molecule has 0 aliphatic rings. The van der Waals surface area contributed by atoms with Crippen molar-refractivity contribution in [1.82, 2.24) is 5.32 Å². The lowest BCUT2D eigenvalue weighted by Gasteiger charge is -2.11. The predicted molar refractivity (Wildman–Crippen MR) is 98.1 cm³/mol. The first-order chi connectivity index (χ1) is 10.6. The fourth-order valence-electron chi connectivity index (χ4n) is 2.81. The van der Waals surface area contributed by atoms with Crippen molar-refractivity contribution < 1.29 is 4.79 Å². The van der Waals surface area contributed by atoms with Crippen LogP contribution in [0.25, 0.3) is 0 Å². The van der Waals surface area contributed by atoms with E-state index >= 15 is 0 Å². The van der Waals surface area contributed by atoms with Crippen molar-refractivity contribution in [1.29, 1.82) is 0 Å². The van der Waals surface area contributed by atoms with E-state index in [1.54, 1.807) is 0 Å². The van der Waals surface area contributed by atoms with Gasteiger partial charge < -0.3 is 5.32 Å². The highest BCUT2D eigenvalue weighted by atomic mass is 16.1. The van der Waals surface area contributed by atoms with Gasteiger partial charge in [-0.25, -0.2) is 0 Å². The number of rotatable bonds is 15. The van der Waals surface area contributed by atoms with E-state index in [-0.39, 0.29) is 5.91 Å². The van der Waals surface area contributed by atoms with Gasteiger partial charge in [0, 0.05) is 13.0 Å². The summed E-state index contributed by atoms with van der Waals surface area (Å²) in [6.45, 7) is 10.0. The van der Waals surface area contributed by atoms with Gasteiger partial charge in [0.25, 0.3) is 0 Å². The van der Waals surface area contributed by atoms with Gasteiger partial charge in [-0.15, -0.1) is 0 Å². The molecule has 0 aliphatic heterocycles. The monoisotopic (exact) mass is 311 g/mol. The van der Waals surface area contributed by atoms with Gasteiger partial charge in [0.1, 0.15) is 0 Å². The molecule has 0 aromatic rings. The highest BCUT2D eigenvalue weighted by Gasteiger charge is 2.04. The molecule has 2 nitrogen and oxygen atoms in total. The van der Waals surface area contributed by atoms with Crippen molar-refractivity contribution in [3.63, 3.8) is 0 Å². The third-order valence-corrected chi connectivity index (χ3v) is 4.43. The summed E-state index contributed by atoms with van der Waals surface area (Å²) < 4.78 is 0. The third-order valence-electron chi connectivity index (χ3n) is 4.43. The fourth-order valence-corrected chi connectivity index (χ4v) is 2.81. The minimum absolute atomic E-state index is 0.243. The summed E-state index contributed by atoms with van der Waals surface area (Å²) in [7, 11) is 0. The van der Waals surface area contributed by atoms with Crippen LogP contribution in [0.15, 0.2) is 0 Å². The normalized spacial score (nSPS) is 12.6. The van der Waals surface area contributed by atoms with E-state index in [9.17, 15) is 4.79 Å². The summed E-state index contributed by atoms with van der Waals surface area (Å²) in [5, 5.41) is 2.99. The molecule has 0 radical (unpaired) electrons. The zero-order valence-corrected chi connectivity index (χ0v) is 15.8. The minimum atomic E-state index is 0.243. The molecule has 132 valence electrons. The van der Waals surface area contributed by atoms with Crippen molar-refractivity contribution in [2.45, 2.75) is 105 Å². The maximum Gasteiger partial charge on any atom is 0.219 e. The number of hydrogen-bond acceptors (Lipinski definition) is 1. The average molecular weight is 312 g/mol. The summed E-state index contributed by atoms with van der Waals surface area (Å²) in [5.74, 6) is 1.98. The van der Waals surface area contributed by atoms with Crippen molar-refractivity contribution >= 4 is 5.91 Å². The number of unbranched alkanes of at least 4 members (excludes halogenated alkanes) is 5. The van der Waals surface area contributed by atoms with Crippen LogP contribution in [0.5, 0.6) is 0 Å². The molecule has 0 bridgehead atoms. The molecular formula is C20H41NO. The van der Waals surface area contributed by atoms with E-state index in [4.69, 9.17) is 0 Å². The lowest BCUT2D eigenvalue weighted by Crippen LogP contribution is -2.23. The van der Waals surface area contributed by atoms with Gasteiger partial charge in [-0.2, -0.15) is 0 Å². The second kappa shape index (κ2) is 15.4. The Kier molecular flexibility index (Phi) is 15.0. The Morgan fingerprint density at radius 1 is 0.818 bits per heavy atom. The first kappa shape index (κ1) is 21.5. The lowest BCUT2D eigenvalue weighted by molar-refractivity contribution is -0.121. The largest absolute Gasteiger partial charge is 0.356 e. The third kappa shape index (κ3) is 15.9. The van der Waals surface area contributed by atoms with Crippen LogP contribution in [0.2, 0.25) is 0 Å². The molecule has 0 heterocycles. The molecule has 0 rings (SSSR count). The van der Waals surface area contributed by atoms with Gasteiger partial charge >= 0.3 is 0 Å². The lowest BCUT2D eigenvalue weighted by atomic mass is 9.95. The summed E-state index contributed by atoms with van der Waals surface area (Å²) in [6, 6.07) is 0. The summed E-state index contributed by atoms with van der Waals surface area (Å²) in [6.07, 6.45) is 14.8. The summed E-state index contributed by atoms with van der Waals surface area (Å²) in [4.78, 5) is 11.5. The Hall–Kier alpha value is -0.530. The van der Waals surface area contributed by atoms with Gasteiger partial charge in [0.2, 0.25) is 5.91 Å². The molecule has 22 heavy (non-hydrogen) atoms. The molecule has 1 atom stereocenters. The Morgan fingerprint density at radius 3 is 2.05 bits per heavy atom. The molecule has 1 amide bonds. The highest BCUT2D eigenvalue weighted by Crippen LogP contribution is 2.18. The highest BCUT2D eigenvalue weighted by molar-refractivity contribution is 5.75.